The number of piperazine rings is 1. The van der Waals surface area contributed by atoms with Crippen molar-refractivity contribution in [3.8, 4) is 0 Å². The molecule has 5 heteroatoms. The van der Waals surface area contributed by atoms with E-state index < -0.39 is 0 Å². The van der Waals surface area contributed by atoms with E-state index in [0.29, 0.717) is 11.9 Å². The summed E-state index contributed by atoms with van der Waals surface area (Å²) >= 11 is 5.73. The number of anilines is 1. The van der Waals surface area contributed by atoms with Crippen LogP contribution in [-0.4, -0.2) is 47.1 Å². The predicted octanol–water partition coefficient (Wildman–Crippen LogP) is 1.75. The summed E-state index contributed by atoms with van der Waals surface area (Å²) in [6.07, 6.45) is 3.62. The molecule has 17 heavy (non-hydrogen) atoms. The number of nitrogens with zero attached hydrogens (tertiary/aromatic N) is 4. The molecule has 0 spiro atoms. The van der Waals surface area contributed by atoms with Crippen LogP contribution in [0.15, 0.2) is 12.4 Å². The topological polar surface area (TPSA) is 32.3 Å². The third-order valence-electron chi connectivity index (χ3n) is 3.30. The molecule has 1 saturated heterocycles. The molecule has 1 atom stereocenters. The normalized spacial score (nSPS) is 21.8. The molecule has 1 aromatic rings. The first-order valence-corrected chi connectivity index (χ1v) is 6.64. The Bertz CT molecular complexity index is 354. The molecule has 0 saturated carbocycles. The molecule has 0 bridgehead atoms. The maximum Gasteiger partial charge on any atom is 0.225 e. The van der Waals surface area contributed by atoms with Crippen molar-refractivity contribution in [3.63, 3.8) is 0 Å². The summed E-state index contributed by atoms with van der Waals surface area (Å²) in [7, 11) is 0. The number of alkyl halides is 1. The van der Waals surface area contributed by atoms with Gasteiger partial charge in [-0.25, -0.2) is 9.97 Å². The second-order valence-corrected chi connectivity index (χ2v) is 4.72. The lowest BCUT2D eigenvalue weighted by Gasteiger charge is -2.39. The molecule has 0 radical (unpaired) electrons. The average molecular weight is 255 g/mol. The number of rotatable bonds is 3. The minimum atomic E-state index is 0.473. The van der Waals surface area contributed by atoms with Crippen molar-refractivity contribution in [2.45, 2.75) is 25.8 Å². The molecule has 4 nitrogen and oxygen atoms in total. The van der Waals surface area contributed by atoms with Crippen LogP contribution in [0, 0.1) is 0 Å². The first kappa shape index (κ1) is 12.6. The van der Waals surface area contributed by atoms with Crippen molar-refractivity contribution in [2.75, 3.05) is 31.1 Å². The molecule has 1 unspecified atom stereocenters. The fourth-order valence-electron chi connectivity index (χ4n) is 2.23. The van der Waals surface area contributed by atoms with Crippen LogP contribution < -0.4 is 4.90 Å². The van der Waals surface area contributed by atoms with Gasteiger partial charge in [0.05, 0.1) is 5.88 Å². The number of halogens is 1. The molecular formula is C12H19ClN4. The lowest BCUT2D eigenvalue weighted by Crippen LogP contribution is -2.52. The van der Waals surface area contributed by atoms with Crippen LogP contribution >= 0.6 is 11.6 Å². The molecule has 2 rings (SSSR count). The highest BCUT2D eigenvalue weighted by Gasteiger charge is 2.23. The van der Waals surface area contributed by atoms with E-state index in [2.05, 4.69) is 33.6 Å². The molecule has 0 N–H and O–H groups in total. The Labute approximate surface area is 108 Å². The van der Waals surface area contributed by atoms with Gasteiger partial charge in [-0.3, -0.25) is 4.90 Å². The van der Waals surface area contributed by atoms with E-state index in [-0.39, 0.29) is 0 Å². The number of likely N-dealkylation sites (N-methyl/N-ethyl adjacent to an activating group) is 1. The Morgan fingerprint density at radius 1 is 1.35 bits per heavy atom. The van der Waals surface area contributed by atoms with E-state index >= 15 is 0 Å². The fourth-order valence-corrected chi connectivity index (χ4v) is 2.36. The molecule has 1 fully saturated rings. The Morgan fingerprint density at radius 2 is 2.06 bits per heavy atom. The number of hydrogen-bond donors (Lipinski definition) is 0. The van der Waals surface area contributed by atoms with Crippen LogP contribution in [0.3, 0.4) is 0 Å². The summed E-state index contributed by atoms with van der Waals surface area (Å²) in [4.78, 5) is 13.5. The predicted molar refractivity (Wildman–Crippen MR) is 70.5 cm³/mol. The molecular weight excluding hydrogens is 236 g/mol. The molecule has 0 aliphatic carbocycles. The van der Waals surface area contributed by atoms with Gasteiger partial charge in [0.2, 0.25) is 5.95 Å². The number of aromatic nitrogens is 2. The third-order valence-corrected chi connectivity index (χ3v) is 3.61. The van der Waals surface area contributed by atoms with E-state index in [4.69, 9.17) is 11.6 Å². The maximum atomic E-state index is 5.73. The van der Waals surface area contributed by atoms with E-state index in [1.807, 2.05) is 12.4 Å². The molecule has 1 aliphatic heterocycles. The van der Waals surface area contributed by atoms with Crippen molar-refractivity contribution in [2.24, 2.45) is 0 Å². The molecule has 94 valence electrons. The summed E-state index contributed by atoms with van der Waals surface area (Å²) < 4.78 is 0. The summed E-state index contributed by atoms with van der Waals surface area (Å²) in [5.41, 5.74) is 0.968. The second-order valence-electron chi connectivity index (χ2n) is 4.45. The van der Waals surface area contributed by atoms with Crippen LogP contribution in [-0.2, 0) is 5.88 Å². The van der Waals surface area contributed by atoms with E-state index in [9.17, 15) is 0 Å². The van der Waals surface area contributed by atoms with Gasteiger partial charge in [-0.15, -0.1) is 11.6 Å². The quantitative estimate of drug-likeness (QED) is 0.770. The van der Waals surface area contributed by atoms with Gasteiger partial charge in [0.25, 0.3) is 0 Å². The zero-order valence-electron chi connectivity index (χ0n) is 10.4. The van der Waals surface area contributed by atoms with Crippen molar-refractivity contribution in [1.29, 1.82) is 0 Å². The van der Waals surface area contributed by atoms with Crippen LogP contribution in [0.1, 0.15) is 19.4 Å². The van der Waals surface area contributed by atoms with Gasteiger partial charge in [0.1, 0.15) is 0 Å². The van der Waals surface area contributed by atoms with Crippen LogP contribution in [0.2, 0.25) is 0 Å². The fraction of sp³-hybridized carbons (Fsp3) is 0.667. The van der Waals surface area contributed by atoms with Crippen LogP contribution in [0.4, 0.5) is 5.95 Å². The van der Waals surface area contributed by atoms with E-state index in [1.165, 1.54) is 0 Å². The van der Waals surface area contributed by atoms with Gasteiger partial charge in [0, 0.05) is 43.6 Å². The van der Waals surface area contributed by atoms with Crippen LogP contribution in [0.25, 0.3) is 0 Å². The Balaban J connectivity index is 2.03. The zero-order chi connectivity index (χ0) is 12.3. The van der Waals surface area contributed by atoms with Crippen molar-refractivity contribution >= 4 is 17.5 Å². The second kappa shape index (κ2) is 5.65. The highest BCUT2D eigenvalue weighted by molar-refractivity contribution is 6.17. The SMILES string of the molecule is CCN1CCN(c2ncc(CCl)cn2)CC1C. The number of hydrogen-bond acceptors (Lipinski definition) is 4. The smallest absolute Gasteiger partial charge is 0.225 e. The minimum Gasteiger partial charge on any atom is -0.338 e. The van der Waals surface area contributed by atoms with Crippen LogP contribution in [0.5, 0.6) is 0 Å². The highest BCUT2D eigenvalue weighted by Crippen LogP contribution is 2.15. The monoisotopic (exact) mass is 254 g/mol. The van der Waals surface area contributed by atoms with Crippen molar-refractivity contribution in [1.82, 2.24) is 14.9 Å². The van der Waals surface area contributed by atoms with E-state index in [0.717, 1.165) is 37.7 Å². The maximum absolute atomic E-state index is 5.73. The first-order valence-electron chi connectivity index (χ1n) is 6.10. The van der Waals surface area contributed by atoms with E-state index in [1.54, 1.807) is 0 Å². The highest BCUT2D eigenvalue weighted by atomic mass is 35.5. The molecule has 1 aromatic heterocycles. The first-order chi connectivity index (χ1) is 8.24. The standard InChI is InChI=1S/C12H19ClN4/c1-3-16-4-5-17(9-10(16)2)12-14-7-11(6-13)8-15-12/h7-8,10H,3-6,9H2,1-2H3. The minimum absolute atomic E-state index is 0.473. The molecule has 2 heterocycles. The van der Waals surface area contributed by atoms with Gasteiger partial charge >= 0.3 is 0 Å². The van der Waals surface area contributed by atoms with Gasteiger partial charge in [-0.1, -0.05) is 6.92 Å². The van der Waals surface area contributed by atoms with Gasteiger partial charge < -0.3 is 4.90 Å². The largest absolute Gasteiger partial charge is 0.338 e. The molecule has 1 aliphatic rings. The van der Waals surface area contributed by atoms with Gasteiger partial charge in [0.15, 0.2) is 0 Å². The van der Waals surface area contributed by atoms with Gasteiger partial charge in [-0.05, 0) is 13.5 Å². The summed E-state index contributed by atoms with van der Waals surface area (Å²) in [6, 6.07) is 0.560. The Morgan fingerprint density at radius 3 is 2.59 bits per heavy atom. The Kier molecular flexibility index (Phi) is 4.18. The average Bonchev–Trinajstić information content (AvgIpc) is 2.39. The molecule has 0 aromatic carbocycles. The zero-order valence-corrected chi connectivity index (χ0v) is 11.2. The summed E-state index contributed by atoms with van der Waals surface area (Å²) in [6.45, 7) is 8.65. The Hall–Kier alpha value is -0.870. The van der Waals surface area contributed by atoms with Gasteiger partial charge in [-0.2, -0.15) is 0 Å². The lowest BCUT2D eigenvalue weighted by atomic mass is 10.2. The third kappa shape index (κ3) is 2.87. The summed E-state index contributed by atoms with van der Waals surface area (Å²) in [5.74, 6) is 1.29. The lowest BCUT2D eigenvalue weighted by molar-refractivity contribution is 0.198. The summed E-state index contributed by atoms with van der Waals surface area (Å²) in [5, 5.41) is 0. The molecule has 0 amide bonds. The van der Waals surface area contributed by atoms with Crippen molar-refractivity contribution < 1.29 is 0 Å². The van der Waals surface area contributed by atoms with Crippen molar-refractivity contribution in [3.05, 3.63) is 18.0 Å².